The predicted octanol–water partition coefficient (Wildman–Crippen LogP) is 0.931. The molecule has 4 nitrogen and oxygen atoms in total. The second-order valence-corrected chi connectivity index (χ2v) is 4.06. The highest BCUT2D eigenvalue weighted by atomic mass is 16.5. The zero-order chi connectivity index (χ0) is 10.7. The zero-order valence-electron chi connectivity index (χ0n) is 8.94. The van der Waals surface area contributed by atoms with E-state index in [0.29, 0.717) is 5.92 Å². The van der Waals surface area contributed by atoms with Gasteiger partial charge in [0.1, 0.15) is 0 Å². The number of hydrogen-bond acceptors (Lipinski definition) is 4. The minimum Gasteiger partial charge on any atom is -0.381 e. The summed E-state index contributed by atoms with van der Waals surface area (Å²) in [6, 6.07) is 2.27. The molecule has 0 spiro atoms. The van der Waals surface area contributed by atoms with Crippen molar-refractivity contribution in [3.05, 3.63) is 29.6 Å². The molecule has 1 aromatic heterocycles. The molecule has 82 valence electrons. The number of hydrazine groups is 1. The van der Waals surface area contributed by atoms with Crippen LogP contribution in [0.25, 0.3) is 0 Å². The first-order valence-electron chi connectivity index (χ1n) is 5.26. The Labute approximate surface area is 89.8 Å². The van der Waals surface area contributed by atoms with E-state index in [1.807, 2.05) is 19.3 Å². The quantitative estimate of drug-likeness (QED) is 0.572. The summed E-state index contributed by atoms with van der Waals surface area (Å²) in [6.07, 6.45) is 4.78. The van der Waals surface area contributed by atoms with Crippen LogP contribution in [0.15, 0.2) is 18.5 Å². The molecule has 4 heteroatoms. The standard InChI is InChI=1S/C11H17N3O/c1-8-4-10(6-13-5-8)11(14-12)9-2-3-15-7-9/h4-6,9,11,14H,2-3,7,12H2,1H3. The number of pyridine rings is 1. The molecular formula is C11H17N3O. The summed E-state index contributed by atoms with van der Waals surface area (Å²) in [5.74, 6) is 6.06. The van der Waals surface area contributed by atoms with Gasteiger partial charge < -0.3 is 4.74 Å². The van der Waals surface area contributed by atoms with Gasteiger partial charge in [-0.3, -0.25) is 16.3 Å². The summed E-state index contributed by atoms with van der Waals surface area (Å²) in [4.78, 5) is 4.19. The van der Waals surface area contributed by atoms with Gasteiger partial charge in [0, 0.05) is 24.9 Å². The SMILES string of the molecule is Cc1cncc(C(NN)C2CCOC2)c1. The maximum Gasteiger partial charge on any atom is 0.0526 e. The first-order valence-corrected chi connectivity index (χ1v) is 5.26. The lowest BCUT2D eigenvalue weighted by Crippen LogP contribution is -2.34. The van der Waals surface area contributed by atoms with Crippen molar-refractivity contribution in [2.75, 3.05) is 13.2 Å². The molecule has 15 heavy (non-hydrogen) atoms. The number of rotatable bonds is 3. The molecular weight excluding hydrogens is 190 g/mol. The van der Waals surface area contributed by atoms with Crippen molar-refractivity contribution in [1.29, 1.82) is 0 Å². The topological polar surface area (TPSA) is 60.2 Å². The Balaban J connectivity index is 2.18. The normalized spacial score (nSPS) is 22.9. The van der Waals surface area contributed by atoms with Crippen LogP contribution in [0.1, 0.15) is 23.6 Å². The molecule has 0 saturated carbocycles. The molecule has 0 bridgehead atoms. The smallest absolute Gasteiger partial charge is 0.0526 e. The van der Waals surface area contributed by atoms with E-state index in [9.17, 15) is 0 Å². The molecule has 0 radical (unpaired) electrons. The molecule has 1 saturated heterocycles. The maximum atomic E-state index is 5.60. The fourth-order valence-electron chi connectivity index (χ4n) is 2.07. The number of aryl methyl sites for hydroxylation is 1. The lowest BCUT2D eigenvalue weighted by Gasteiger charge is -2.21. The number of hydrogen-bond donors (Lipinski definition) is 2. The maximum absolute atomic E-state index is 5.60. The van der Waals surface area contributed by atoms with Crippen LogP contribution >= 0.6 is 0 Å². The lowest BCUT2D eigenvalue weighted by atomic mass is 9.93. The fraction of sp³-hybridized carbons (Fsp3) is 0.545. The fourth-order valence-corrected chi connectivity index (χ4v) is 2.07. The van der Waals surface area contributed by atoms with Crippen LogP contribution in [-0.2, 0) is 4.74 Å². The monoisotopic (exact) mass is 207 g/mol. The summed E-state index contributed by atoms with van der Waals surface area (Å²) < 4.78 is 5.38. The van der Waals surface area contributed by atoms with Gasteiger partial charge in [0.05, 0.1) is 12.6 Å². The van der Waals surface area contributed by atoms with E-state index in [1.165, 1.54) is 0 Å². The summed E-state index contributed by atoms with van der Waals surface area (Å²) >= 11 is 0. The van der Waals surface area contributed by atoms with E-state index in [1.54, 1.807) is 0 Å². The van der Waals surface area contributed by atoms with Crippen molar-refractivity contribution in [2.45, 2.75) is 19.4 Å². The minimum atomic E-state index is 0.153. The molecule has 2 unspecified atom stereocenters. The molecule has 0 aliphatic carbocycles. The van der Waals surface area contributed by atoms with Gasteiger partial charge >= 0.3 is 0 Å². The molecule has 1 fully saturated rings. The molecule has 1 aliphatic heterocycles. The van der Waals surface area contributed by atoms with Crippen LogP contribution in [-0.4, -0.2) is 18.2 Å². The first-order chi connectivity index (χ1) is 7.31. The van der Waals surface area contributed by atoms with Gasteiger partial charge in [0.15, 0.2) is 0 Å². The van der Waals surface area contributed by atoms with E-state index in [2.05, 4.69) is 16.5 Å². The Hall–Kier alpha value is -0.970. The third-order valence-corrected chi connectivity index (χ3v) is 2.87. The minimum absolute atomic E-state index is 0.153. The molecule has 2 heterocycles. The lowest BCUT2D eigenvalue weighted by molar-refractivity contribution is 0.176. The van der Waals surface area contributed by atoms with Gasteiger partial charge in [0.25, 0.3) is 0 Å². The molecule has 1 aliphatic rings. The summed E-state index contributed by atoms with van der Waals surface area (Å²) in [7, 11) is 0. The third-order valence-electron chi connectivity index (χ3n) is 2.87. The Bertz CT molecular complexity index is 323. The van der Waals surface area contributed by atoms with Crippen LogP contribution in [0.3, 0.4) is 0 Å². The van der Waals surface area contributed by atoms with Crippen molar-refractivity contribution in [2.24, 2.45) is 11.8 Å². The second kappa shape index (κ2) is 4.70. The Morgan fingerprint density at radius 3 is 3.07 bits per heavy atom. The number of ether oxygens (including phenoxy) is 1. The van der Waals surface area contributed by atoms with Gasteiger partial charge in [0.2, 0.25) is 0 Å². The Kier molecular flexibility index (Phi) is 3.30. The predicted molar refractivity (Wildman–Crippen MR) is 58.0 cm³/mol. The Morgan fingerprint density at radius 1 is 1.60 bits per heavy atom. The Morgan fingerprint density at radius 2 is 2.47 bits per heavy atom. The van der Waals surface area contributed by atoms with Crippen molar-refractivity contribution >= 4 is 0 Å². The average molecular weight is 207 g/mol. The van der Waals surface area contributed by atoms with E-state index in [4.69, 9.17) is 10.6 Å². The highest BCUT2D eigenvalue weighted by molar-refractivity contribution is 5.21. The zero-order valence-corrected chi connectivity index (χ0v) is 8.94. The summed E-state index contributed by atoms with van der Waals surface area (Å²) in [6.45, 7) is 3.65. The third kappa shape index (κ3) is 2.34. The van der Waals surface area contributed by atoms with E-state index in [0.717, 1.165) is 30.8 Å². The highest BCUT2D eigenvalue weighted by Crippen LogP contribution is 2.27. The van der Waals surface area contributed by atoms with Crippen LogP contribution in [0, 0.1) is 12.8 Å². The molecule has 2 atom stereocenters. The van der Waals surface area contributed by atoms with E-state index < -0.39 is 0 Å². The number of nitrogens with one attached hydrogen (secondary N) is 1. The van der Waals surface area contributed by atoms with Gasteiger partial charge in [-0.05, 0) is 24.5 Å². The largest absolute Gasteiger partial charge is 0.381 e. The van der Waals surface area contributed by atoms with Crippen LogP contribution in [0.5, 0.6) is 0 Å². The summed E-state index contributed by atoms with van der Waals surface area (Å²) in [5, 5.41) is 0. The van der Waals surface area contributed by atoms with Gasteiger partial charge in [-0.25, -0.2) is 0 Å². The molecule has 0 amide bonds. The molecule has 2 rings (SSSR count). The van der Waals surface area contributed by atoms with Crippen LogP contribution < -0.4 is 11.3 Å². The average Bonchev–Trinajstić information content (AvgIpc) is 2.72. The highest BCUT2D eigenvalue weighted by Gasteiger charge is 2.26. The van der Waals surface area contributed by atoms with Crippen molar-refractivity contribution < 1.29 is 4.74 Å². The summed E-state index contributed by atoms with van der Waals surface area (Å²) in [5.41, 5.74) is 5.17. The second-order valence-electron chi connectivity index (χ2n) is 4.06. The van der Waals surface area contributed by atoms with Gasteiger partial charge in [-0.2, -0.15) is 0 Å². The number of nitrogens with two attached hydrogens (primary N) is 1. The number of nitrogens with zero attached hydrogens (tertiary/aromatic N) is 1. The van der Waals surface area contributed by atoms with Crippen molar-refractivity contribution in [3.63, 3.8) is 0 Å². The molecule has 3 N–H and O–H groups in total. The number of aromatic nitrogens is 1. The van der Waals surface area contributed by atoms with E-state index in [-0.39, 0.29) is 6.04 Å². The van der Waals surface area contributed by atoms with Crippen molar-refractivity contribution in [3.8, 4) is 0 Å². The van der Waals surface area contributed by atoms with Crippen LogP contribution in [0.4, 0.5) is 0 Å². The van der Waals surface area contributed by atoms with E-state index >= 15 is 0 Å². The molecule has 0 aromatic carbocycles. The van der Waals surface area contributed by atoms with Crippen molar-refractivity contribution in [1.82, 2.24) is 10.4 Å². The van der Waals surface area contributed by atoms with Gasteiger partial charge in [-0.15, -0.1) is 0 Å². The van der Waals surface area contributed by atoms with Crippen LogP contribution in [0.2, 0.25) is 0 Å². The molecule has 1 aromatic rings. The van der Waals surface area contributed by atoms with Gasteiger partial charge in [-0.1, -0.05) is 6.07 Å². The first kappa shape index (κ1) is 10.5.